The van der Waals surface area contributed by atoms with Gasteiger partial charge in [-0.3, -0.25) is 4.90 Å². The Morgan fingerprint density at radius 2 is 2.00 bits per heavy atom. The number of hydrogen-bond donors (Lipinski definition) is 1. The Labute approximate surface area is 112 Å². The molecular weight excluding hydrogens is 224 g/mol. The van der Waals surface area contributed by atoms with Gasteiger partial charge in [-0.1, -0.05) is 19.3 Å². The average molecular weight is 254 g/mol. The van der Waals surface area contributed by atoms with Gasteiger partial charge >= 0.3 is 0 Å². The van der Waals surface area contributed by atoms with Crippen LogP contribution in [0, 0.1) is 5.92 Å². The largest absolute Gasteiger partial charge is 0.373 e. The van der Waals surface area contributed by atoms with Crippen LogP contribution in [0.4, 0.5) is 0 Å². The second-order valence-electron chi connectivity index (χ2n) is 6.59. The van der Waals surface area contributed by atoms with E-state index >= 15 is 0 Å². The Bertz CT molecular complexity index is 237. The molecule has 18 heavy (non-hydrogen) atoms. The molecular formula is C15H30N2O. The van der Waals surface area contributed by atoms with Gasteiger partial charge in [0.2, 0.25) is 0 Å². The zero-order valence-corrected chi connectivity index (χ0v) is 12.2. The molecule has 1 heterocycles. The van der Waals surface area contributed by atoms with E-state index in [1.807, 2.05) is 0 Å². The molecule has 3 heteroatoms. The van der Waals surface area contributed by atoms with Crippen molar-refractivity contribution in [2.24, 2.45) is 5.92 Å². The van der Waals surface area contributed by atoms with Crippen LogP contribution in [-0.2, 0) is 4.74 Å². The Balaban J connectivity index is 1.54. The summed E-state index contributed by atoms with van der Waals surface area (Å²) in [4.78, 5) is 2.53. The second-order valence-corrected chi connectivity index (χ2v) is 6.59. The highest BCUT2D eigenvalue weighted by Crippen LogP contribution is 2.22. The first-order valence-electron chi connectivity index (χ1n) is 7.73. The number of nitrogens with one attached hydrogen (secondary N) is 1. The summed E-state index contributed by atoms with van der Waals surface area (Å²) >= 11 is 0. The molecule has 0 spiro atoms. The Hall–Kier alpha value is -0.120. The Morgan fingerprint density at radius 3 is 2.72 bits per heavy atom. The zero-order valence-electron chi connectivity index (χ0n) is 12.2. The van der Waals surface area contributed by atoms with Gasteiger partial charge in [0, 0.05) is 26.2 Å². The maximum Gasteiger partial charge on any atom is 0.0753 e. The van der Waals surface area contributed by atoms with E-state index in [1.165, 1.54) is 45.2 Å². The van der Waals surface area contributed by atoms with E-state index in [0.717, 1.165) is 32.2 Å². The molecule has 1 saturated heterocycles. The number of rotatable bonds is 5. The molecule has 1 saturated carbocycles. The molecule has 0 amide bonds. The fraction of sp³-hybridized carbons (Fsp3) is 1.00. The summed E-state index contributed by atoms with van der Waals surface area (Å²) < 4.78 is 5.73. The van der Waals surface area contributed by atoms with E-state index in [2.05, 4.69) is 24.1 Å². The van der Waals surface area contributed by atoms with Gasteiger partial charge in [-0.05, 0) is 39.2 Å². The number of morpholine rings is 1. The highest BCUT2D eigenvalue weighted by Gasteiger charge is 2.26. The summed E-state index contributed by atoms with van der Waals surface area (Å²) in [5.41, 5.74) is 0.0433. The van der Waals surface area contributed by atoms with Gasteiger partial charge in [-0.25, -0.2) is 0 Å². The molecule has 0 aromatic rings. The van der Waals surface area contributed by atoms with Crippen LogP contribution < -0.4 is 5.32 Å². The summed E-state index contributed by atoms with van der Waals surface area (Å²) in [7, 11) is 0. The smallest absolute Gasteiger partial charge is 0.0753 e. The van der Waals surface area contributed by atoms with Crippen LogP contribution in [0.1, 0.15) is 46.0 Å². The van der Waals surface area contributed by atoms with Crippen molar-refractivity contribution in [2.45, 2.75) is 51.6 Å². The lowest BCUT2D eigenvalue weighted by Gasteiger charge is -2.38. The van der Waals surface area contributed by atoms with Gasteiger partial charge in [0.25, 0.3) is 0 Å². The van der Waals surface area contributed by atoms with E-state index in [4.69, 9.17) is 4.74 Å². The Morgan fingerprint density at radius 1 is 1.22 bits per heavy atom. The maximum absolute atomic E-state index is 5.73. The van der Waals surface area contributed by atoms with Crippen molar-refractivity contribution in [1.29, 1.82) is 0 Å². The molecule has 1 aliphatic heterocycles. The molecule has 0 radical (unpaired) electrons. The van der Waals surface area contributed by atoms with Crippen molar-refractivity contribution in [3.63, 3.8) is 0 Å². The lowest BCUT2D eigenvalue weighted by atomic mass is 9.89. The number of hydrogen-bond acceptors (Lipinski definition) is 3. The summed E-state index contributed by atoms with van der Waals surface area (Å²) in [6, 6.07) is 0. The van der Waals surface area contributed by atoms with E-state index in [1.54, 1.807) is 0 Å². The van der Waals surface area contributed by atoms with Crippen LogP contribution in [0.5, 0.6) is 0 Å². The summed E-state index contributed by atoms with van der Waals surface area (Å²) in [5.74, 6) is 0.944. The van der Waals surface area contributed by atoms with Crippen LogP contribution in [0.3, 0.4) is 0 Å². The van der Waals surface area contributed by atoms with Crippen LogP contribution in [-0.4, -0.2) is 49.8 Å². The monoisotopic (exact) mass is 254 g/mol. The van der Waals surface area contributed by atoms with Crippen LogP contribution in [0.2, 0.25) is 0 Å². The van der Waals surface area contributed by atoms with Crippen LogP contribution in [0.15, 0.2) is 0 Å². The highest BCUT2D eigenvalue weighted by molar-refractivity contribution is 4.79. The third-order valence-corrected chi connectivity index (χ3v) is 4.27. The quantitative estimate of drug-likeness (QED) is 0.762. The number of nitrogens with zero attached hydrogens (tertiary/aromatic N) is 1. The fourth-order valence-electron chi connectivity index (χ4n) is 3.24. The van der Waals surface area contributed by atoms with Gasteiger partial charge in [0.1, 0.15) is 0 Å². The first-order valence-corrected chi connectivity index (χ1v) is 7.73. The van der Waals surface area contributed by atoms with E-state index in [0.29, 0.717) is 0 Å². The minimum Gasteiger partial charge on any atom is -0.373 e. The van der Waals surface area contributed by atoms with E-state index < -0.39 is 0 Å². The molecule has 2 aliphatic rings. The van der Waals surface area contributed by atoms with Gasteiger partial charge in [-0.15, -0.1) is 0 Å². The zero-order chi connectivity index (χ0) is 12.8. The normalized spacial score (nSPS) is 26.3. The van der Waals surface area contributed by atoms with Crippen molar-refractivity contribution < 1.29 is 4.74 Å². The van der Waals surface area contributed by atoms with Gasteiger partial charge in [0.15, 0.2) is 0 Å². The minimum absolute atomic E-state index is 0.0433. The highest BCUT2D eigenvalue weighted by atomic mass is 16.5. The Kier molecular flexibility index (Phi) is 5.46. The molecule has 2 fully saturated rings. The van der Waals surface area contributed by atoms with Crippen LogP contribution in [0.25, 0.3) is 0 Å². The van der Waals surface area contributed by atoms with Gasteiger partial charge in [-0.2, -0.15) is 0 Å². The lowest BCUT2D eigenvalue weighted by Crippen LogP contribution is -2.50. The predicted octanol–water partition coefficient (Wildman–Crippen LogP) is 2.27. The summed E-state index contributed by atoms with van der Waals surface area (Å²) in [6.07, 6.45) is 7.24. The lowest BCUT2D eigenvalue weighted by molar-refractivity contribution is -0.0854. The first kappa shape index (κ1) is 14.3. The summed E-state index contributed by atoms with van der Waals surface area (Å²) in [6.45, 7) is 10.9. The molecule has 2 rings (SSSR count). The topological polar surface area (TPSA) is 24.5 Å². The molecule has 0 unspecified atom stereocenters. The minimum atomic E-state index is 0.0433. The molecule has 3 nitrogen and oxygen atoms in total. The van der Waals surface area contributed by atoms with Gasteiger partial charge < -0.3 is 10.1 Å². The molecule has 0 aromatic heterocycles. The predicted molar refractivity (Wildman–Crippen MR) is 75.9 cm³/mol. The SMILES string of the molecule is CC1(C)CN(CCNCC2CCCCC2)CCO1. The summed E-state index contributed by atoms with van der Waals surface area (Å²) in [5, 5.41) is 3.65. The third-order valence-electron chi connectivity index (χ3n) is 4.27. The van der Waals surface area contributed by atoms with Crippen molar-refractivity contribution in [3.8, 4) is 0 Å². The molecule has 1 aliphatic carbocycles. The van der Waals surface area contributed by atoms with Crippen molar-refractivity contribution in [3.05, 3.63) is 0 Å². The molecule has 106 valence electrons. The van der Waals surface area contributed by atoms with Crippen molar-refractivity contribution in [1.82, 2.24) is 10.2 Å². The van der Waals surface area contributed by atoms with E-state index in [9.17, 15) is 0 Å². The van der Waals surface area contributed by atoms with Crippen molar-refractivity contribution >= 4 is 0 Å². The fourth-order valence-corrected chi connectivity index (χ4v) is 3.24. The first-order chi connectivity index (χ1) is 8.66. The molecule has 1 N–H and O–H groups in total. The van der Waals surface area contributed by atoms with Crippen LogP contribution >= 0.6 is 0 Å². The van der Waals surface area contributed by atoms with E-state index in [-0.39, 0.29) is 5.60 Å². The maximum atomic E-state index is 5.73. The molecule has 0 bridgehead atoms. The average Bonchev–Trinajstić information content (AvgIpc) is 2.35. The van der Waals surface area contributed by atoms with Crippen molar-refractivity contribution in [2.75, 3.05) is 39.3 Å². The number of ether oxygens (including phenoxy) is 1. The van der Waals surface area contributed by atoms with Gasteiger partial charge in [0.05, 0.1) is 12.2 Å². The molecule has 0 atom stereocenters. The standard InChI is InChI=1S/C15H30N2O/c1-15(2)13-17(10-11-18-15)9-8-16-12-14-6-4-3-5-7-14/h14,16H,3-13H2,1-2H3. The molecule has 0 aromatic carbocycles. The third kappa shape index (κ3) is 4.87. The second kappa shape index (κ2) is 6.88.